The van der Waals surface area contributed by atoms with Crippen LogP contribution in [0.25, 0.3) is 105 Å². The van der Waals surface area contributed by atoms with Gasteiger partial charge in [-0.2, -0.15) is 0 Å². The quantitative estimate of drug-likeness (QED) is 0.125. The fourth-order valence-corrected chi connectivity index (χ4v) is 11.0. The Bertz CT molecular complexity index is 3670. The van der Waals surface area contributed by atoms with E-state index in [2.05, 4.69) is 215 Å². The number of hydrogen-bond donors (Lipinski definition) is 0. The monoisotopic (exact) mass is 764 g/mol. The SMILES string of the molecule is C1=CC2C(n3c4ccccc4c4cc(-c5ccc6c(c5)c5ccccc5n6-c5c6ccccc6c(-c6ccccc6)c6ccccc56)ccc43)=c3ccccc3=CC2CC1. The van der Waals surface area contributed by atoms with Gasteiger partial charge in [-0.25, -0.2) is 0 Å². The van der Waals surface area contributed by atoms with Gasteiger partial charge in [0.15, 0.2) is 0 Å². The Morgan fingerprint density at radius 2 is 0.917 bits per heavy atom. The van der Waals surface area contributed by atoms with Gasteiger partial charge in [0, 0.05) is 49.2 Å². The normalized spacial score (nSPS) is 16.2. The first kappa shape index (κ1) is 33.5. The predicted octanol–water partition coefficient (Wildman–Crippen LogP) is 13.6. The average molecular weight is 765 g/mol. The lowest BCUT2D eigenvalue weighted by Gasteiger charge is -2.32. The second-order valence-corrected chi connectivity index (χ2v) is 16.7. The van der Waals surface area contributed by atoms with Crippen LogP contribution in [-0.2, 0) is 0 Å². The summed E-state index contributed by atoms with van der Waals surface area (Å²) in [5.74, 6) is 0.845. The van der Waals surface area contributed by atoms with Crippen LogP contribution in [0.5, 0.6) is 0 Å². The number of allylic oxidation sites excluding steroid dienone is 2. The van der Waals surface area contributed by atoms with E-state index >= 15 is 0 Å². The van der Waals surface area contributed by atoms with Crippen molar-refractivity contribution in [2.24, 2.45) is 11.8 Å². The van der Waals surface area contributed by atoms with E-state index in [0.29, 0.717) is 11.8 Å². The van der Waals surface area contributed by atoms with Gasteiger partial charge in [-0.3, -0.25) is 0 Å². The summed E-state index contributed by atoms with van der Waals surface area (Å²) in [7, 11) is 0. The summed E-state index contributed by atoms with van der Waals surface area (Å²) in [6.45, 7) is 0. The third kappa shape index (κ3) is 4.82. The molecule has 0 saturated carbocycles. The summed E-state index contributed by atoms with van der Waals surface area (Å²) >= 11 is 0. The Morgan fingerprint density at radius 1 is 0.400 bits per heavy atom. The smallest absolute Gasteiger partial charge is 0.0619 e. The van der Waals surface area contributed by atoms with Gasteiger partial charge in [0.25, 0.3) is 0 Å². The zero-order valence-electron chi connectivity index (χ0n) is 33.1. The number of fused-ring (bicyclic) bond motifs is 10. The summed E-state index contributed by atoms with van der Waals surface area (Å²) in [6.07, 6.45) is 9.72. The molecule has 2 heteroatoms. The van der Waals surface area contributed by atoms with E-state index in [1.807, 2.05) is 0 Å². The van der Waals surface area contributed by atoms with Gasteiger partial charge in [0.1, 0.15) is 0 Å². The Hall–Kier alpha value is -7.42. The lowest BCUT2D eigenvalue weighted by atomic mass is 9.77. The molecule has 0 N–H and O–H groups in total. The predicted molar refractivity (Wildman–Crippen MR) is 254 cm³/mol. The molecule has 0 bridgehead atoms. The number of hydrogen-bond acceptors (Lipinski definition) is 0. The second-order valence-electron chi connectivity index (χ2n) is 16.7. The topological polar surface area (TPSA) is 9.86 Å². The number of aromatic nitrogens is 2. The van der Waals surface area contributed by atoms with Crippen molar-refractivity contribution in [3.63, 3.8) is 0 Å². The number of para-hydroxylation sites is 2. The molecule has 2 nitrogen and oxygen atoms in total. The zero-order chi connectivity index (χ0) is 39.3. The molecule has 11 aromatic rings. The van der Waals surface area contributed by atoms with Gasteiger partial charge >= 0.3 is 0 Å². The van der Waals surface area contributed by atoms with Crippen molar-refractivity contribution >= 4 is 76.9 Å². The van der Waals surface area contributed by atoms with Gasteiger partial charge in [-0.1, -0.05) is 170 Å². The third-order valence-electron chi connectivity index (χ3n) is 13.5. The minimum absolute atomic E-state index is 0.343. The fourth-order valence-electron chi connectivity index (χ4n) is 11.0. The van der Waals surface area contributed by atoms with Gasteiger partial charge in [-0.05, 0) is 93.4 Å². The summed E-state index contributed by atoms with van der Waals surface area (Å²) in [4.78, 5) is 0. The Morgan fingerprint density at radius 3 is 1.58 bits per heavy atom. The van der Waals surface area contributed by atoms with Crippen molar-refractivity contribution < 1.29 is 0 Å². The van der Waals surface area contributed by atoms with Crippen LogP contribution < -0.4 is 10.4 Å². The number of rotatable bonds is 4. The molecule has 2 atom stereocenters. The van der Waals surface area contributed by atoms with Crippen molar-refractivity contribution in [2.45, 2.75) is 12.8 Å². The van der Waals surface area contributed by atoms with Gasteiger partial charge in [-0.15, -0.1) is 0 Å². The van der Waals surface area contributed by atoms with Gasteiger partial charge in [0.05, 0.1) is 27.8 Å². The Kier molecular flexibility index (Phi) is 7.29. The van der Waals surface area contributed by atoms with E-state index in [9.17, 15) is 0 Å². The van der Waals surface area contributed by atoms with Crippen molar-refractivity contribution in [3.05, 3.63) is 211 Å². The van der Waals surface area contributed by atoms with Crippen molar-refractivity contribution in [2.75, 3.05) is 0 Å². The second kappa shape index (κ2) is 13.0. The van der Waals surface area contributed by atoms with Crippen LogP contribution in [-0.4, -0.2) is 9.13 Å². The highest BCUT2D eigenvalue weighted by Gasteiger charge is 2.30. The molecule has 0 amide bonds. The van der Waals surface area contributed by atoms with E-state index < -0.39 is 0 Å². The Labute approximate surface area is 347 Å². The molecule has 2 aliphatic rings. The number of nitrogens with zero attached hydrogens (tertiary/aromatic N) is 2. The molecular weight excluding hydrogens is 725 g/mol. The molecule has 2 aliphatic carbocycles. The summed E-state index contributed by atoms with van der Waals surface area (Å²) in [5, 5.41) is 12.8. The average Bonchev–Trinajstić information content (AvgIpc) is 3.82. The lowest BCUT2D eigenvalue weighted by Crippen LogP contribution is -2.39. The highest BCUT2D eigenvalue weighted by molar-refractivity contribution is 6.21. The van der Waals surface area contributed by atoms with Crippen LogP contribution >= 0.6 is 0 Å². The van der Waals surface area contributed by atoms with E-state index in [4.69, 9.17) is 0 Å². The highest BCUT2D eigenvalue weighted by atomic mass is 15.0. The molecule has 0 saturated heterocycles. The van der Waals surface area contributed by atoms with E-state index in [-0.39, 0.29) is 0 Å². The van der Waals surface area contributed by atoms with Crippen molar-refractivity contribution in [1.82, 2.24) is 9.13 Å². The molecule has 282 valence electrons. The maximum atomic E-state index is 2.59. The maximum absolute atomic E-state index is 2.59. The molecule has 2 heterocycles. The molecular formula is C58H40N2. The zero-order valence-corrected chi connectivity index (χ0v) is 33.1. The van der Waals surface area contributed by atoms with Crippen LogP contribution in [0.2, 0.25) is 0 Å². The first-order valence-corrected chi connectivity index (χ1v) is 21.3. The molecule has 0 aliphatic heterocycles. The van der Waals surface area contributed by atoms with Crippen LogP contribution in [0.15, 0.2) is 200 Å². The summed E-state index contributed by atoms with van der Waals surface area (Å²) < 4.78 is 5.11. The largest absolute Gasteiger partial charge is 0.312 e. The van der Waals surface area contributed by atoms with Crippen LogP contribution in [0.4, 0.5) is 0 Å². The third-order valence-corrected chi connectivity index (χ3v) is 13.5. The van der Waals surface area contributed by atoms with Crippen LogP contribution in [0.3, 0.4) is 0 Å². The summed E-state index contributed by atoms with van der Waals surface area (Å²) in [5.41, 5.74) is 12.5. The van der Waals surface area contributed by atoms with Crippen LogP contribution in [0.1, 0.15) is 12.8 Å². The highest BCUT2D eigenvalue weighted by Crippen LogP contribution is 2.45. The van der Waals surface area contributed by atoms with E-state index in [1.54, 1.807) is 0 Å². The number of benzene rings is 9. The first-order valence-electron chi connectivity index (χ1n) is 21.3. The van der Waals surface area contributed by atoms with Crippen LogP contribution in [0, 0.1) is 11.8 Å². The van der Waals surface area contributed by atoms with Crippen molar-refractivity contribution in [3.8, 4) is 27.9 Å². The summed E-state index contributed by atoms with van der Waals surface area (Å²) in [6, 6.07) is 70.0. The van der Waals surface area contributed by atoms with Gasteiger partial charge in [0.2, 0.25) is 0 Å². The molecule has 2 aromatic heterocycles. The van der Waals surface area contributed by atoms with Crippen molar-refractivity contribution in [1.29, 1.82) is 0 Å². The molecule has 9 aromatic carbocycles. The molecule has 60 heavy (non-hydrogen) atoms. The molecule has 13 rings (SSSR count). The lowest BCUT2D eigenvalue weighted by molar-refractivity contribution is 0.515. The molecule has 0 radical (unpaired) electrons. The molecule has 0 spiro atoms. The minimum atomic E-state index is 0.343. The fraction of sp³-hybridized carbons (Fsp3) is 0.0690. The molecule has 0 fully saturated rings. The molecule has 2 unspecified atom stereocenters. The first-order chi connectivity index (χ1) is 29.8. The Balaban J connectivity index is 1.04. The minimum Gasteiger partial charge on any atom is -0.312 e. The standard InChI is InChI=1S/C58H40N2/c1-2-16-37(17-3-1)56-46-24-8-10-26-48(46)58(49-27-11-9-25-47(49)56)60-53-29-15-13-23-45(53)51-36-39(31-33-55(51)60)38-30-32-54-50(35-38)44-22-12-14-28-52(44)59(54)57-42-20-6-4-18-40(42)34-41-19-5-7-21-43(41)57/h1-4,6-18,20-36,41,43H,5,19H2. The van der Waals surface area contributed by atoms with Gasteiger partial charge < -0.3 is 9.13 Å². The van der Waals surface area contributed by atoms with E-state index in [1.165, 1.54) is 116 Å². The maximum Gasteiger partial charge on any atom is 0.0619 e. The van der Waals surface area contributed by atoms with E-state index in [0.717, 1.165) is 6.42 Å².